The molecule has 3 saturated carbocycles. The van der Waals surface area contributed by atoms with Crippen molar-refractivity contribution in [2.24, 2.45) is 17.3 Å². The number of nitrogens with zero attached hydrogens (tertiary/aromatic N) is 2. The predicted molar refractivity (Wildman–Crippen MR) is 257 cm³/mol. The van der Waals surface area contributed by atoms with Crippen molar-refractivity contribution in [3.8, 4) is 11.6 Å². The average molecular weight is 967 g/mol. The molecule has 68 heavy (non-hydrogen) atoms. The normalized spacial score (nSPS) is 27.3. The highest BCUT2D eigenvalue weighted by molar-refractivity contribution is 7.91. The molecule has 18 heteroatoms. The van der Waals surface area contributed by atoms with E-state index in [4.69, 9.17) is 28.7 Å². The first-order valence-electron chi connectivity index (χ1n) is 24.8. The molecule has 4 amide bonds. The molecule has 1 aromatic heterocycles. The fraction of sp³-hybridized carbons (Fsp3) is 0.700. The lowest BCUT2D eigenvalue weighted by molar-refractivity contribution is -0.143. The summed E-state index contributed by atoms with van der Waals surface area (Å²) in [5.41, 5.74) is -1.000. The molecule has 2 bridgehead atoms. The molecular weight excluding hydrogens is 893 g/mol. The topological polar surface area (TPSA) is 213 Å². The highest BCUT2D eigenvalue weighted by Gasteiger charge is 2.64. The molecule has 0 radical (unpaired) electrons. The van der Waals surface area contributed by atoms with Gasteiger partial charge in [0.1, 0.15) is 40.3 Å². The molecule has 4 fully saturated rings. The van der Waals surface area contributed by atoms with E-state index < -0.39 is 73.6 Å². The Labute approximate surface area is 402 Å². The number of hydrogen-bond donors (Lipinski definition) is 4. The Hall–Kier alpha value is -4.52. The van der Waals surface area contributed by atoms with E-state index in [0.29, 0.717) is 62.7 Å². The van der Waals surface area contributed by atoms with Gasteiger partial charge in [0, 0.05) is 44.4 Å². The van der Waals surface area contributed by atoms with Gasteiger partial charge in [0.05, 0.1) is 37.4 Å². The summed E-state index contributed by atoms with van der Waals surface area (Å²) in [6.45, 7) is 14.6. The van der Waals surface area contributed by atoms with Crippen LogP contribution in [0.4, 0.5) is 4.79 Å². The number of amides is 4. The van der Waals surface area contributed by atoms with Gasteiger partial charge < -0.3 is 44.5 Å². The molecule has 2 aromatic rings. The Kier molecular flexibility index (Phi) is 16.6. The second-order valence-electron chi connectivity index (χ2n) is 20.5. The van der Waals surface area contributed by atoms with E-state index in [1.807, 2.05) is 45.0 Å². The maximum atomic E-state index is 15.1. The standard InChI is InChI=1S/C50H74N6O11S/c1-7-24-51-25-28-64-26-15-27-65-41-36-18-12-13-20-38(36)52-44-37(41)19-11-9-10-16-33-17-14-21-40(33)67-47(60)53-42(48(3,4)5)45(58)56-31-35(66-44)29-39(56)43(57)54-50(30-34(50)8-2)46(59)55-68(61,62)49(22-23-49)32-63-6/h8,12-13,18,20,33-35,39-40,42,51H,2,7,9-11,14-17,19,21-32H2,1,3-6H3,(H,53,60)(H,54,57)(H,55,59)/t33-,34?,35-,39+,40-,42-,50-/m1/s1. The van der Waals surface area contributed by atoms with Crippen LogP contribution < -0.4 is 30.1 Å². The van der Waals surface area contributed by atoms with Crippen LogP contribution in [-0.2, 0) is 45.0 Å². The lowest BCUT2D eigenvalue weighted by Crippen LogP contribution is -2.60. The Morgan fingerprint density at radius 2 is 1.81 bits per heavy atom. The summed E-state index contributed by atoms with van der Waals surface area (Å²) in [5.74, 6) is -1.44. The predicted octanol–water partition coefficient (Wildman–Crippen LogP) is 5.48. The number of alkyl carbamates (subject to hydrolysis) is 1. The number of methoxy groups -OCH3 is 1. The second-order valence-corrected chi connectivity index (χ2v) is 22.6. The molecule has 3 heterocycles. The maximum Gasteiger partial charge on any atom is 0.408 e. The van der Waals surface area contributed by atoms with Crippen LogP contribution in [0.3, 0.4) is 0 Å². The smallest absolute Gasteiger partial charge is 0.408 e. The van der Waals surface area contributed by atoms with Crippen LogP contribution in [-0.4, -0.2) is 130 Å². The first-order chi connectivity index (χ1) is 32.6. The monoisotopic (exact) mass is 967 g/mol. The second kappa shape index (κ2) is 22.1. The van der Waals surface area contributed by atoms with Crippen molar-refractivity contribution >= 4 is 44.7 Å². The fourth-order valence-corrected chi connectivity index (χ4v) is 11.7. The van der Waals surface area contributed by atoms with Gasteiger partial charge >= 0.3 is 6.09 Å². The van der Waals surface area contributed by atoms with Gasteiger partial charge in [0.2, 0.25) is 27.7 Å². The van der Waals surface area contributed by atoms with Crippen LogP contribution in [0, 0.1) is 17.3 Å². The maximum absolute atomic E-state index is 15.1. The Morgan fingerprint density at radius 1 is 1.03 bits per heavy atom. The van der Waals surface area contributed by atoms with Crippen LogP contribution in [0.25, 0.3) is 10.9 Å². The Morgan fingerprint density at radius 3 is 2.53 bits per heavy atom. The molecule has 2 aliphatic heterocycles. The molecule has 1 aromatic carbocycles. The van der Waals surface area contributed by atoms with E-state index in [1.165, 1.54) is 18.1 Å². The van der Waals surface area contributed by atoms with Crippen LogP contribution in [0.1, 0.15) is 117 Å². The van der Waals surface area contributed by atoms with Crippen LogP contribution in [0.5, 0.6) is 11.6 Å². The third-order valence-corrected chi connectivity index (χ3v) is 16.5. The number of fused-ring (bicyclic) bond motifs is 5. The number of benzene rings is 1. The number of pyridine rings is 1. The van der Waals surface area contributed by atoms with E-state index in [-0.39, 0.29) is 38.0 Å². The molecule has 7 atom stereocenters. The summed E-state index contributed by atoms with van der Waals surface area (Å²) in [6, 6.07) is 5.44. The van der Waals surface area contributed by atoms with Crippen molar-refractivity contribution in [3.63, 3.8) is 0 Å². The lowest BCUT2D eigenvalue weighted by atomic mass is 9.85. The van der Waals surface area contributed by atoms with E-state index in [0.717, 1.165) is 75.4 Å². The largest absolute Gasteiger partial charge is 0.492 e. The number of hydrogen-bond acceptors (Lipinski definition) is 13. The number of aromatic nitrogens is 1. The zero-order chi connectivity index (χ0) is 48.7. The van der Waals surface area contributed by atoms with Gasteiger partial charge in [-0.3, -0.25) is 19.1 Å². The van der Waals surface area contributed by atoms with Crippen molar-refractivity contribution in [2.75, 3.05) is 53.2 Å². The zero-order valence-electron chi connectivity index (χ0n) is 40.7. The summed E-state index contributed by atoms with van der Waals surface area (Å²) in [5, 5.41) is 9.96. The molecule has 1 unspecified atom stereocenters. The van der Waals surface area contributed by atoms with E-state index in [1.54, 1.807) is 0 Å². The Balaban J connectivity index is 1.20. The number of sulfonamides is 1. The quantitative estimate of drug-likeness (QED) is 0.108. The number of carbonyl (C=O) groups is 4. The molecular formula is C50H74N6O11S. The molecule has 376 valence electrons. The Bertz CT molecular complexity index is 2250. The van der Waals surface area contributed by atoms with Gasteiger partial charge in [-0.2, -0.15) is 0 Å². The first-order valence-corrected chi connectivity index (χ1v) is 26.3. The van der Waals surface area contributed by atoms with Gasteiger partial charge in [0.25, 0.3) is 5.91 Å². The molecule has 17 nitrogen and oxygen atoms in total. The molecule has 5 aliphatic rings. The highest BCUT2D eigenvalue weighted by Crippen LogP contribution is 2.48. The molecule has 4 N–H and O–H groups in total. The van der Waals surface area contributed by atoms with Gasteiger partial charge in [-0.05, 0) is 94.2 Å². The summed E-state index contributed by atoms with van der Waals surface area (Å²) in [7, 11) is -2.77. The fourth-order valence-electron chi connectivity index (χ4n) is 10.1. The van der Waals surface area contributed by atoms with Crippen molar-refractivity contribution in [2.45, 2.75) is 152 Å². The van der Waals surface area contributed by atoms with Gasteiger partial charge in [-0.25, -0.2) is 18.2 Å². The number of ether oxygens (including phenoxy) is 5. The molecule has 0 spiro atoms. The zero-order valence-corrected chi connectivity index (χ0v) is 41.5. The summed E-state index contributed by atoms with van der Waals surface area (Å²) >= 11 is 0. The van der Waals surface area contributed by atoms with E-state index in [2.05, 4.69) is 34.2 Å². The van der Waals surface area contributed by atoms with E-state index in [9.17, 15) is 22.8 Å². The summed E-state index contributed by atoms with van der Waals surface area (Å²) in [4.78, 5) is 64.1. The number of nitrogens with one attached hydrogen (secondary N) is 4. The first kappa shape index (κ1) is 51.3. The SMILES string of the molecule is C=CC1C[C@]1(NC(=O)[C@@H]1C[C@@H]2CN1C(=O)[C@H](C(C)(C)C)NC(=O)O[C@@H]1CCC[C@H]1CCCCCc1c(nc3ccccc3c1OCCCOCCNCCC)O2)C(=O)NS(=O)(=O)C1(COC)CC1. The van der Waals surface area contributed by atoms with Gasteiger partial charge in [-0.15, -0.1) is 6.58 Å². The number of rotatable bonds is 18. The summed E-state index contributed by atoms with van der Waals surface area (Å²) in [6.07, 6.45) is 9.05. The van der Waals surface area contributed by atoms with Crippen LogP contribution >= 0.6 is 0 Å². The van der Waals surface area contributed by atoms with Crippen LogP contribution in [0.15, 0.2) is 36.9 Å². The third-order valence-electron chi connectivity index (χ3n) is 14.3. The van der Waals surface area contributed by atoms with E-state index >= 15 is 4.79 Å². The molecule has 1 saturated heterocycles. The van der Waals surface area contributed by atoms with Crippen molar-refractivity contribution in [3.05, 3.63) is 42.5 Å². The minimum absolute atomic E-state index is 0.00291. The highest BCUT2D eigenvalue weighted by atomic mass is 32.2. The molecule has 7 rings (SSSR count). The van der Waals surface area contributed by atoms with Gasteiger partial charge in [-0.1, -0.05) is 58.7 Å². The average Bonchev–Trinajstić information content (AvgIpc) is 4.14. The van der Waals surface area contributed by atoms with Crippen molar-refractivity contribution in [1.29, 1.82) is 0 Å². The lowest BCUT2D eigenvalue weighted by Gasteiger charge is -2.35. The van der Waals surface area contributed by atoms with Gasteiger partial charge in [0.15, 0.2) is 0 Å². The molecule has 3 aliphatic carbocycles. The summed E-state index contributed by atoms with van der Waals surface area (Å²) < 4.78 is 58.7. The van der Waals surface area contributed by atoms with Crippen molar-refractivity contribution in [1.82, 2.24) is 30.6 Å². The van der Waals surface area contributed by atoms with Crippen LogP contribution in [0.2, 0.25) is 0 Å². The third kappa shape index (κ3) is 11.7. The minimum Gasteiger partial charge on any atom is -0.492 e. The minimum atomic E-state index is -4.17. The number of para-hydroxylation sites is 1. The van der Waals surface area contributed by atoms with Crippen molar-refractivity contribution < 1.29 is 51.3 Å². The number of carbonyl (C=O) groups excluding carboxylic acids is 4.